The summed E-state index contributed by atoms with van der Waals surface area (Å²) >= 11 is 0. The van der Waals surface area contributed by atoms with Gasteiger partial charge in [0.05, 0.1) is 11.7 Å². The van der Waals surface area contributed by atoms with Crippen LogP contribution in [0.2, 0.25) is 0 Å². The van der Waals surface area contributed by atoms with Gasteiger partial charge in [-0.15, -0.1) is 0 Å². The highest BCUT2D eigenvalue weighted by Crippen LogP contribution is 2.24. The molecule has 0 aliphatic carbocycles. The molecule has 0 saturated carbocycles. The van der Waals surface area contributed by atoms with Gasteiger partial charge in [0.2, 0.25) is 0 Å². The lowest BCUT2D eigenvalue weighted by Gasteiger charge is -2.27. The summed E-state index contributed by atoms with van der Waals surface area (Å²) in [6.45, 7) is 9.64. The third-order valence-electron chi connectivity index (χ3n) is 3.45. The molecule has 0 amide bonds. The lowest BCUT2D eigenvalue weighted by molar-refractivity contribution is -0.0268. The molecule has 2 N–H and O–H groups in total. The van der Waals surface area contributed by atoms with Crippen LogP contribution in [0, 0.1) is 12.8 Å². The fourth-order valence-corrected chi connectivity index (χ4v) is 1.48. The molecule has 0 aliphatic heterocycles. The summed E-state index contributed by atoms with van der Waals surface area (Å²) < 4.78 is 5.67. The first kappa shape index (κ1) is 15.0. The molecule has 0 aromatic heterocycles. The van der Waals surface area contributed by atoms with Crippen LogP contribution in [-0.4, -0.2) is 22.4 Å². The molecular formula is C15H24O3. The van der Waals surface area contributed by atoms with Crippen molar-refractivity contribution < 1.29 is 14.9 Å². The molecule has 1 rings (SSSR count). The Labute approximate surface area is 109 Å². The van der Waals surface area contributed by atoms with Crippen LogP contribution < -0.4 is 4.74 Å². The number of rotatable bonds is 5. The number of aryl methyl sites for hydroxylation is 1. The zero-order chi connectivity index (χ0) is 13.9. The van der Waals surface area contributed by atoms with Gasteiger partial charge in [0.1, 0.15) is 12.4 Å². The molecule has 2 atom stereocenters. The standard InChI is InChI=1S/C15H24O3/c1-10(2)15(5,17)9-18-14-7-6-13(12(4)16)8-11(14)3/h6-8,10,12,16-17H,9H2,1-5H3/t12-,15?/m0/s1. The van der Waals surface area contributed by atoms with Crippen LogP contribution in [0.15, 0.2) is 18.2 Å². The summed E-state index contributed by atoms with van der Waals surface area (Å²) in [6.07, 6.45) is -0.475. The van der Waals surface area contributed by atoms with E-state index >= 15 is 0 Å². The van der Waals surface area contributed by atoms with Crippen molar-refractivity contribution in [2.24, 2.45) is 5.92 Å². The molecule has 102 valence electrons. The molecule has 1 aromatic carbocycles. The highest BCUT2D eigenvalue weighted by molar-refractivity contribution is 5.37. The number of ether oxygens (including phenoxy) is 1. The van der Waals surface area contributed by atoms with Crippen LogP contribution in [0.3, 0.4) is 0 Å². The second-order valence-electron chi connectivity index (χ2n) is 5.50. The topological polar surface area (TPSA) is 49.7 Å². The lowest BCUT2D eigenvalue weighted by atomic mass is 9.94. The molecule has 1 aromatic rings. The van der Waals surface area contributed by atoms with Gasteiger partial charge in [-0.25, -0.2) is 0 Å². The van der Waals surface area contributed by atoms with Crippen LogP contribution in [0.4, 0.5) is 0 Å². The van der Waals surface area contributed by atoms with E-state index in [2.05, 4.69) is 0 Å². The van der Waals surface area contributed by atoms with Gasteiger partial charge in [-0.2, -0.15) is 0 Å². The summed E-state index contributed by atoms with van der Waals surface area (Å²) in [7, 11) is 0. The van der Waals surface area contributed by atoms with Crippen molar-refractivity contribution in [3.63, 3.8) is 0 Å². The first-order valence-corrected chi connectivity index (χ1v) is 6.38. The van der Waals surface area contributed by atoms with Gasteiger partial charge >= 0.3 is 0 Å². The van der Waals surface area contributed by atoms with E-state index in [4.69, 9.17) is 4.74 Å². The van der Waals surface area contributed by atoms with Crippen molar-refractivity contribution in [2.45, 2.75) is 46.3 Å². The smallest absolute Gasteiger partial charge is 0.122 e. The van der Waals surface area contributed by atoms with Crippen LogP contribution in [0.1, 0.15) is 44.9 Å². The van der Waals surface area contributed by atoms with Crippen LogP contribution in [-0.2, 0) is 0 Å². The SMILES string of the molecule is Cc1cc([C@H](C)O)ccc1OCC(C)(O)C(C)C. The van der Waals surface area contributed by atoms with E-state index in [9.17, 15) is 10.2 Å². The number of aliphatic hydroxyl groups is 2. The minimum absolute atomic E-state index is 0.134. The second-order valence-corrected chi connectivity index (χ2v) is 5.50. The predicted octanol–water partition coefficient (Wildman–Crippen LogP) is 2.83. The van der Waals surface area contributed by atoms with E-state index in [0.717, 1.165) is 16.9 Å². The van der Waals surface area contributed by atoms with Gasteiger partial charge < -0.3 is 14.9 Å². The number of benzene rings is 1. The summed E-state index contributed by atoms with van der Waals surface area (Å²) in [5.74, 6) is 0.884. The Balaban J connectivity index is 2.75. The molecule has 0 bridgehead atoms. The fourth-order valence-electron chi connectivity index (χ4n) is 1.48. The van der Waals surface area contributed by atoms with Crippen LogP contribution in [0.5, 0.6) is 5.75 Å². The van der Waals surface area contributed by atoms with Crippen molar-refractivity contribution in [1.29, 1.82) is 0 Å². The summed E-state index contributed by atoms with van der Waals surface area (Å²) in [4.78, 5) is 0. The number of hydrogen-bond donors (Lipinski definition) is 2. The molecule has 0 fully saturated rings. The van der Waals surface area contributed by atoms with E-state index in [1.165, 1.54) is 0 Å². The molecule has 3 heteroatoms. The molecular weight excluding hydrogens is 228 g/mol. The molecule has 1 unspecified atom stereocenters. The van der Waals surface area contributed by atoms with Crippen molar-refractivity contribution in [1.82, 2.24) is 0 Å². The van der Waals surface area contributed by atoms with E-state index in [1.807, 2.05) is 39.0 Å². The summed E-state index contributed by atoms with van der Waals surface area (Å²) in [5, 5.41) is 19.6. The maximum atomic E-state index is 10.1. The Bertz CT molecular complexity index is 395. The minimum Gasteiger partial charge on any atom is -0.490 e. The first-order valence-electron chi connectivity index (χ1n) is 6.38. The molecule has 0 aliphatic rings. The maximum Gasteiger partial charge on any atom is 0.122 e. The highest BCUT2D eigenvalue weighted by atomic mass is 16.5. The Morgan fingerprint density at radius 3 is 2.33 bits per heavy atom. The van der Waals surface area contributed by atoms with Crippen LogP contribution >= 0.6 is 0 Å². The van der Waals surface area contributed by atoms with E-state index < -0.39 is 11.7 Å². The molecule has 3 nitrogen and oxygen atoms in total. The zero-order valence-electron chi connectivity index (χ0n) is 11.9. The number of hydrogen-bond acceptors (Lipinski definition) is 3. The Morgan fingerprint density at radius 1 is 1.28 bits per heavy atom. The maximum absolute atomic E-state index is 10.1. The predicted molar refractivity (Wildman–Crippen MR) is 72.8 cm³/mol. The Hall–Kier alpha value is -1.06. The highest BCUT2D eigenvalue weighted by Gasteiger charge is 2.26. The normalized spacial score (nSPS) is 16.4. The average Bonchev–Trinajstić information content (AvgIpc) is 2.26. The quantitative estimate of drug-likeness (QED) is 0.847. The van der Waals surface area contributed by atoms with Crippen molar-refractivity contribution >= 4 is 0 Å². The van der Waals surface area contributed by atoms with Crippen molar-refractivity contribution in [3.8, 4) is 5.75 Å². The van der Waals surface area contributed by atoms with Gasteiger partial charge in [-0.05, 0) is 49.9 Å². The van der Waals surface area contributed by atoms with Crippen molar-refractivity contribution in [2.75, 3.05) is 6.61 Å². The molecule has 0 heterocycles. The van der Waals surface area contributed by atoms with E-state index in [-0.39, 0.29) is 12.5 Å². The molecule has 0 saturated heterocycles. The lowest BCUT2D eigenvalue weighted by Crippen LogP contribution is -2.37. The van der Waals surface area contributed by atoms with E-state index in [1.54, 1.807) is 13.8 Å². The molecule has 0 radical (unpaired) electrons. The van der Waals surface area contributed by atoms with Crippen molar-refractivity contribution in [3.05, 3.63) is 29.3 Å². The number of aliphatic hydroxyl groups excluding tert-OH is 1. The van der Waals surface area contributed by atoms with E-state index in [0.29, 0.717) is 0 Å². The van der Waals surface area contributed by atoms with Crippen LogP contribution in [0.25, 0.3) is 0 Å². The largest absolute Gasteiger partial charge is 0.490 e. The van der Waals surface area contributed by atoms with Gasteiger partial charge in [0.25, 0.3) is 0 Å². The third kappa shape index (κ3) is 3.72. The Morgan fingerprint density at radius 2 is 1.89 bits per heavy atom. The second kappa shape index (κ2) is 5.72. The molecule has 0 spiro atoms. The fraction of sp³-hybridized carbons (Fsp3) is 0.600. The average molecular weight is 252 g/mol. The van der Waals surface area contributed by atoms with Gasteiger partial charge in [-0.3, -0.25) is 0 Å². The minimum atomic E-state index is -0.838. The third-order valence-corrected chi connectivity index (χ3v) is 3.45. The zero-order valence-corrected chi connectivity index (χ0v) is 11.9. The summed E-state index contributed by atoms with van der Waals surface area (Å²) in [5.41, 5.74) is 0.999. The summed E-state index contributed by atoms with van der Waals surface area (Å²) in [6, 6.07) is 5.59. The first-order chi connectivity index (χ1) is 8.24. The monoisotopic (exact) mass is 252 g/mol. The van der Waals surface area contributed by atoms with Gasteiger partial charge in [0.15, 0.2) is 0 Å². The molecule has 18 heavy (non-hydrogen) atoms. The Kier molecular flexibility index (Phi) is 4.77. The van der Waals surface area contributed by atoms with Gasteiger partial charge in [0, 0.05) is 0 Å². The van der Waals surface area contributed by atoms with Gasteiger partial charge in [-0.1, -0.05) is 19.9 Å².